The second-order valence-corrected chi connectivity index (χ2v) is 5.43. The Morgan fingerprint density at radius 3 is 2.58 bits per heavy atom. The van der Waals surface area contributed by atoms with E-state index in [1.807, 2.05) is 18.3 Å². The first kappa shape index (κ1) is 15.7. The quantitative estimate of drug-likeness (QED) is 0.579. The molecule has 1 rings (SSSR count). The van der Waals surface area contributed by atoms with E-state index < -0.39 is 0 Å². The fraction of sp³-hybridized carbons (Fsp3) is 0.647. The summed E-state index contributed by atoms with van der Waals surface area (Å²) < 4.78 is 0. The predicted octanol–water partition coefficient (Wildman–Crippen LogP) is 5.08. The van der Waals surface area contributed by atoms with E-state index in [-0.39, 0.29) is 5.92 Å². The first-order valence-electron chi connectivity index (χ1n) is 7.59. The minimum atomic E-state index is -0.00987. The van der Waals surface area contributed by atoms with E-state index in [9.17, 15) is 5.26 Å². The molecule has 2 unspecified atom stereocenters. The van der Waals surface area contributed by atoms with Crippen molar-refractivity contribution in [3.05, 3.63) is 30.1 Å². The van der Waals surface area contributed by atoms with Crippen molar-refractivity contribution < 1.29 is 0 Å². The van der Waals surface area contributed by atoms with Gasteiger partial charge in [-0.25, -0.2) is 0 Å². The van der Waals surface area contributed by atoms with Gasteiger partial charge in [0.15, 0.2) is 0 Å². The van der Waals surface area contributed by atoms with Crippen molar-refractivity contribution in [2.24, 2.45) is 5.92 Å². The highest BCUT2D eigenvalue weighted by atomic mass is 14.6. The molecule has 19 heavy (non-hydrogen) atoms. The molecule has 0 amide bonds. The van der Waals surface area contributed by atoms with Gasteiger partial charge in [0.2, 0.25) is 0 Å². The lowest BCUT2D eigenvalue weighted by Gasteiger charge is -2.17. The first-order chi connectivity index (χ1) is 9.29. The molecule has 0 aliphatic carbocycles. The van der Waals surface area contributed by atoms with Crippen molar-refractivity contribution in [2.45, 2.75) is 64.7 Å². The van der Waals surface area contributed by atoms with Crippen LogP contribution in [0, 0.1) is 17.2 Å². The third-order valence-corrected chi connectivity index (χ3v) is 3.76. The smallest absolute Gasteiger partial charge is 0.0753 e. The Labute approximate surface area is 117 Å². The van der Waals surface area contributed by atoms with Crippen molar-refractivity contribution in [1.82, 2.24) is 4.98 Å². The molecule has 0 aromatic carbocycles. The Morgan fingerprint density at radius 1 is 1.21 bits per heavy atom. The first-order valence-corrected chi connectivity index (χ1v) is 7.59. The maximum absolute atomic E-state index is 9.34. The molecule has 0 aliphatic rings. The Bertz CT molecular complexity index is 367. The van der Waals surface area contributed by atoms with Gasteiger partial charge in [-0.3, -0.25) is 4.98 Å². The van der Waals surface area contributed by atoms with Crippen molar-refractivity contribution in [3.8, 4) is 6.07 Å². The van der Waals surface area contributed by atoms with Crippen LogP contribution in [-0.4, -0.2) is 4.98 Å². The zero-order valence-electron chi connectivity index (χ0n) is 12.3. The summed E-state index contributed by atoms with van der Waals surface area (Å²) in [6.45, 7) is 4.43. The van der Waals surface area contributed by atoms with Crippen molar-refractivity contribution in [2.75, 3.05) is 0 Å². The highest BCUT2D eigenvalue weighted by Gasteiger charge is 2.18. The van der Waals surface area contributed by atoms with Gasteiger partial charge < -0.3 is 0 Å². The Morgan fingerprint density at radius 2 is 1.95 bits per heavy atom. The normalized spacial score (nSPS) is 13.7. The highest BCUT2D eigenvalue weighted by molar-refractivity contribution is 5.22. The average molecular weight is 258 g/mol. The number of pyridine rings is 1. The maximum atomic E-state index is 9.34. The van der Waals surface area contributed by atoms with Crippen molar-refractivity contribution in [1.29, 1.82) is 5.26 Å². The molecule has 2 heteroatoms. The van der Waals surface area contributed by atoms with Crippen LogP contribution in [-0.2, 0) is 0 Å². The zero-order chi connectivity index (χ0) is 13.9. The Kier molecular flexibility index (Phi) is 7.89. The zero-order valence-corrected chi connectivity index (χ0v) is 12.3. The van der Waals surface area contributed by atoms with Gasteiger partial charge in [-0.15, -0.1) is 0 Å². The second-order valence-electron chi connectivity index (χ2n) is 5.43. The summed E-state index contributed by atoms with van der Waals surface area (Å²) in [7, 11) is 0. The van der Waals surface area contributed by atoms with Crippen LogP contribution in [0.5, 0.6) is 0 Å². The highest BCUT2D eigenvalue weighted by Crippen LogP contribution is 2.27. The Balaban J connectivity index is 2.31. The monoisotopic (exact) mass is 258 g/mol. The van der Waals surface area contributed by atoms with E-state index in [0.717, 1.165) is 12.0 Å². The van der Waals surface area contributed by atoms with Gasteiger partial charge in [-0.2, -0.15) is 5.26 Å². The van der Waals surface area contributed by atoms with Crippen LogP contribution in [0.25, 0.3) is 0 Å². The number of hydrogen-bond acceptors (Lipinski definition) is 2. The van der Waals surface area contributed by atoms with Gasteiger partial charge in [-0.05, 0) is 24.0 Å². The third kappa shape index (κ3) is 5.87. The molecule has 104 valence electrons. The molecule has 0 saturated carbocycles. The number of unbranched alkanes of at least 4 members (excludes halogenated alkanes) is 5. The van der Waals surface area contributed by atoms with Crippen molar-refractivity contribution >= 4 is 0 Å². The average Bonchev–Trinajstić information content (AvgIpc) is 2.45. The minimum Gasteiger partial charge on any atom is -0.264 e. The molecule has 0 spiro atoms. The molecular formula is C17H26N2. The van der Waals surface area contributed by atoms with Gasteiger partial charge in [0.25, 0.3) is 0 Å². The summed E-state index contributed by atoms with van der Waals surface area (Å²) in [6.07, 6.45) is 12.6. The molecule has 2 atom stereocenters. The van der Waals surface area contributed by atoms with E-state index in [1.54, 1.807) is 6.20 Å². The molecule has 0 N–H and O–H groups in total. The van der Waals surface area contributed by atoms with Crippen LogP contribution in [0.1, 0.15) is 70.3 Å². The molecule has 0 fully saturated rings. The topological polar surface area (TPSA) is 36.7 Å². The molecule has 0 saturated heterocycles. The summed E-state index contributed by atoms with van der Waals surface area (Å²) in [5, 5.41) is 9.34. The van der Waals surface area contributed by atoms with E-state index >= 15 is 0 Å². The van der Waals surface area contributed by atoms with Crippen LogP contribution in [0.15, 0.2) is 24.5 Å². The molecule has 0 aliphatic heterocycles. The summed E-state index contributed by atoms with van der Waals surface area (Å²) in [5.74, 6) is 0.407. The van der Waals surface area contributed by atoms with E-state index in [2.05, 4.69) is 24.9 Å². The number of nitriles is 1. The predicted molar refractivity (Wildman–Crippen MR) is 79.7 cm³/mol. The minimum absolute atomic E-state index is 0.00987. The lowest BCUT2D eigenvalue weighted by molar-refractivity contribution is 0.453. The van der Waals surface area contributed by atoms with Crippen LogP contribution in [0.3, 0.4) is 0 Å². The van der Waals surface area contributed by atoms with Crippen LogP contribution < -0.4 is 0 Å². The van der Waals surface area contributed by atoms with Gasteiger partial charge in [0.1, 0.15) is 0 Å². The molecule has 1 aromatic rings. The second kappa shape index (κ2) is 9.55. The van der Waals surface area contributed by atoms with Gasteiger partial charge in [0, 0.05) is 12.4 Å². The SMILES string of the molecule is CCCCCCCCC(C)C(C#N)c1cccnc1. The van der Waals surface area contributed by atoms with Gasteiger partial charge >= 0.3 is 0 Å². The van der Waals surface area contributed by atoms with Crippen LogP contribution in [0.4, 0.5) is 0 Å². The summed E-state index contributed by atoms with van der Waals surface area (Å²) in [6, 6.07) is 6.37. The Hall–Kier alpha value is -1.36. The molecule has 1 aromatic heterocycles. The molecule has 0 radical (unpaired) electrons. The largest absolute Gasteiger partial charge is 0.264 e. The molecule has 1 heterocycles. The number of rotatable bonds is 9. The standard InChI is InChI=1S/C17H26N2/c1-3-4-5-6-7-8-10-15(2)17(13-18)16-11-9-12-19-14-16/h9,11-12,14-15,17H,3-8,10H2,1-2H3. The lowest BCUT2D eigenvalue weighted by Crippen LogP contribution is -2.08. The molecular weight excluding hydrogens is 232 g/mol. The lowest BCUT2D eigenvalue weighted by atomic mass is 9.85. The number of hydrogen-bond donors (Lipinski definition) is 0. The fourth-order valence-electron chi connectivity index (χ4n) is 2.50. The van der Waals surface area contributed by atoms with Gasteiger partial charge in [0.05, 0.1) is 12.0 Å². The van der Waals surface area contributed by atoms with Gasteiger partial charge in [-0.1, -0.05) is 58.4 Å². The van der Waals surface area contributed by atoms with Crippen LogP contribution in [0.2, 0.25) is 0 Å². The summed E-state index contributed by atoms with van der Waals surface area (Å²) in [5.41, 5.74) is 1.06. The van der Waals surface area contributed by atoms with Crippen molar-refractivity contribution in [3.63, 3.8) is 0 Å². The third-order valence-electron chi connectivity index (χ3n) is 3.76. The number of aromatic nitrogens is 1. The van der Waals surface area contributed by atoms with E-state index in [4.69, 9.17) is 0 Å². The molecule has 2 nitrogen and oxygen atoms in total. The van der Waals surface area contributed by atoms with E-state index in [1.165, 1.54) is 38.5 Å². The summed E-state index contributed by atoms with van der Waals surface area (Å²) in [4.78, 5) is 4.12. The fourth-order valence-corrected chi connectivity index (χ4v) is 2.50. The maximum Gasteiger partial charge on any atom is 0.0753 e. The van der Waals surface area contributed by atoms with E-state index in [0.29, 0.717) is 5.92 Å². The van der Waals surface area contributed by atoms with Crippen LogP contribution >= 0.6 is 0 Å². The summed E-state index contributed by atoms with van der Waals surface area (Å²) >= 11 is 0. The molecule has 0 bridgehead atoms. The number of nitrogens with zero attached hydrogens (tertiary/aromatic N) is 2.